The number of allylic oxidation sites excluding steroid dienone is 1. The molecule has 0 bridgehead atoms. The van der Waals surface area contributed by atoms with Crippen LogP contribution in [-0.4, -0.2) is 41.1 Å². The highest BCUT2D eigenvalue weighted by Crippen LogP contribution is 2.46. The van der Waals surface area contributed by atoms with E-state index >= 15 is 0 Å². The number of pyridine rings is 2. The quantitative estimate of drug-likeness (QED) is 0.360. The molecule has 2 aliphatic heterocycles. The van der Waals surface area contributed by atoms with Gasteiger partial charge in [-0.2, -0.15) is 13.2 Å². The molecule has 2 amide bonds. The van der Waals surface area contributed by atoms with Gasteiger partial charge in [-0.3, -0.25) is 9.59 Å². The summed E-state index contributed by atoms with van der Waals surface area (Å²) in [6.45, 7) is 0.998. The molecule has 4 N–H and O–H groups in total. The van der Waals surface area contributed by atoms with Crippen molar-refractivity contribution in [1.29, 1.82) is 0 Å². The molecule has 2 aliphatic rings. The molecule has 0 saturated heterocycles. The van der Waals surface area contributed by atoms with Gasteiger partial charge in [0.05, 0.1) is 6.42 Å². The topological polar surface area (TPSA) is 119 Å². The third kappa shape index (κ3) is 5.86. The second-order valence-electron chi connectivity index (χ2n) is 10.3. The molecular formula is C29H27F4N5O3. The van der Waals surface area contributed by atoms with E-state index < -0.39 is 48.1 Å². The average Bonchev–Trinajstić information content (AvgIpc) is 3.13. The molecule has 8 nitrogen and oxygen atoms in total. The number of aromatic nitrogens is 2. The molecular weight excluding hydrogens is 542 g/mol. The van der Waals surface area contributed by atoms with Crippen molar-refractivity contribution in [1.82, 2.24) is 15.3 Å². The van der Waals surface area contributed by atoms with Crippen LogP contribution in [0.2, 0.25) is 0 Å². The minimum Gasteiger partial charge on any atom is -0.489 e. The van der Waals surface area contributed by atoms with Crippen LogP contribution < -0.4 is 21.1 Å². The summed E-state index contributed by atoms with van der Waals surface area (Å²) >= 11 is 0. The molecule has 5 rings (SSSR count). The summed E-state index contributed by atoms with van der Waals surface area (Å²) in [6, 6.07) is 10.3. The van der Waals surface area contributed by atoms with Gasteiger partial charge in [0.15, 0.2) is 0 Å². The molecule has 1 aromatic carbocycles. The summed E-state index contributed by atoms with van der Waals surface area (Å²) in [5.41, 5.74) is 6.22. The number of carbonyl (C=O) groups is 2. The molecule has 2 atom stereocenters. The van der Waals surface area contributed by atoms with Gasteiger partial charge in [0, 0.05) is 35.5 Å². The van der Waals surface area contributed by atoms with Crippen LogP contribution in [0.3, 0.4) is 0 Å². The van der Waals surface area contributed by atoms with Gasteiger partial charge in [-0.15, -0.1) is 0 Å². The molecule has 1 unspecified atom stereocenters. The Morgan fingerprint density at radius 2 is 1.98 bits per heavy atom. The lowest BCUT2D eigenvalue weighted by Crippen LogP contribution is -2.40. The fraction of sp³-hybridized carbons (Fsp3) is 0.310. The second-order valence-corrected chi connectivity index (χ2v) is 10.3. The van der Waals surface area contributed by atoms with Gasteiger partial charge < -0.3 is 21.1 Å². The molecule has 0 aliphatic carbocycles. The molecule has 0 spiro atoms. The van der Waals surface area contributed by atoms with Crippen LogP contribution in [0, 0.1) is 5.82 Å². The van der Waals surface area contributed by atoms with Crippen molar-refractivity contribution in [3.05, 3.63) is 83.1 Å². The third-order valence-corrected chi connectivity index (χ3v) is 7.31. The maximum atomic E-state index is 13.8. The number of carbonyl (C=O) groups excluding carboxylic acids is 2. The van der Waals surface area contributed by atoms with E-state index in [1.807, 2.05) is 6.07 Å². The van der Waals surface area contributed by atoms with Crippen molar-refractivity contribution < 1.29 is 31.9 Å². The number of fused-ring (bicyclic) bond motifs is 2. The van der Waals surface area contributed by atoms with E-state index in [9.17, 15) is 27.2 Å². The molecule has 2 aromatic heterocycles. The molecule has 12 heteroatoms. The van der Waals surface area contributed by atoms with Crippen molar-refractivity contribution in [2.24, 2.45) is 5.73 Å². The zero-order chi connectivity index (χ0) is 29.4. The van der Waals surface area contributed by atoms with Crippen molar-refractivity contribution in [2.75, 3.05) is 18.5 Å². The Balaban J connectivity index is 1.49. The van der Waals surface area contributed by atoms with Crippen LogP contribution in [0.1, 0.15) is 42.5 Å². The molecule has 214 valence electrons. The number of benzene rings is 1. The first-order chi connectivity index (χ1) is 19.4. The smallest absolute Gasteiger partial charge is 0.389 e. The van der Waals surface area contributed by atoms with Gasteiger partial charge in [0.1, 0.15) is 40.8 Å². The van der Waals surface area contributed by atoms with Gasteiger partial charge in [-0.1, -0.05) is 12.1 Å². The Morgan fingerprint density at radius 1 is 1.22 bits per heavy atom. The Bertz CT molecular complexity index is 1520. The van der Waals surface area contributed by atoms with Gasteiger partial charge in [0.25, 0.3) is 5.91 Å². The molecule has 3 aromatic rings. The SMILES string of the molecule is C[C@]1(C(N)=O)COc2c1cc(C(CNC(=O)C1=CCCc3cccnc3N1)CC(F)(F)F)nc2-c1ccc(F)cc1. The summed E-state index contributed by atoms with van der Waals surface area (Å²) in [7, 11) is 0. The summed E-state index contributed by atoms with van der Waals surface area (Å²) in [5, 5.41) is 5.57. The first-order valence-electron chi connectivity index (χ1n) is 12.9. The highest BCUT2D eigenvalue weighted by Gasteiger charge is 2.45. The monoisotopic (exact) mass is 569 g/mol. The number of amides is 2. The van der Waals surface area contributed by atoms with E-state index in [2.05, 4.69) is 20.6 Å². The van der Waals surface area contributed by atoms with Crippen LogP contribution >= 0.6 is 0 Å². The Kier molecular flexibility index (Phi) is 7.41. The zero-order valence-corrected chi connectivity index (χ0v) is 22.0. The number of alkyl halides is 3. The molecule has 41 heavy (non-hydrogen) atoms. The van der Waals surface area contributed by atoms with E-state index in [0.29, 0.717) is 24.2 Å². The Hall–Kier alpha value is -4.48. The molecule has 0 radical (unpaired) electrons. The highest BCUT2D eigenvalue weighted by atomic mass is 19.4. The van der Waals surface area contributed by atoms with E-state index in [1.54, 1.807) is 18.3 Å². The minimum absolute atomic E-state index is 0.0199. The number of hydrogen-bond donors (Lipinski definition) is 3. The molecule has 4 heterocycles. The highest BCUT2D eigenvalue weighted by molar-refractivity contribution is 5.96. The standard InChI is InChI=1S/C29H27F4N5O3/c1-28(27(34)40)15-41-24-20(28)12-22(37-23(24)16-7-9-19(30)10-8-16)18(13-29(31,32)33)14-36-26(39)21-6-2-4-17-5-3-11-35-25(17)38-21/h3,5-12,18H,2,4,13-15H2,1H3,(H2,34,40)(H,35,38)(H,36,39)/t18?,28-/m0/s1. The van der Waals surface area contributed by atoms with Gasteiger partial charge in [-0.05, 0) is 61.7 Å². The maximum Gasteiger partial charge on any atom is 0.389 e. The fourth-order valence-corrected chi connectivity index (χ4v) is 4.94. The van der Waals surface area contributed by atoms with Crippen LogP contribution in [0.5, 0.6) is 5.75 Å². The predicted octanol–water partition coefficient (Wildman–Crippen LogP) is 4.51. The van der Waals surface area contributed by atoms with Crippen molar-refractivity contribution in [3.8, 4) is 17.0 Å². The van der Waals surface area contributed by atoms with E-state index in [-0.39, 0.29) is 35.0 Å². The summed E-state index contributed by atoms with van der Waals surface area (Å²) in [5.74, 6) is -2.46. The first kappa shape index (κ1) is 28.1. The van der Waals surface area contributed by atoms with Crippen molar-refractivity contribution in [2.45, 2.75) is 43.7 Å². The first-order valence-corrected chi connectivity index (χ1v) is 12.9. The second kappa shape index (κ2) is 10.8. The third-order valence-electron chi connectivity index (χ3n) is 7.31. The number of aryl methyl sites for hydroxylation is 1. The van der Waals surface area contributed by atoms with Crippen molar-refractivity contribution >= 4 is 17.6 Å². The number of rotatable bonds is 7. The lowest BCUT2D eigenvalue weighted by Gasteiger charge is -2.23. The summed E-state index contributed by atoms with van der Waals surface area (Å²) in [6.07, 6.45) is -1.46. The van der Waals surface area contributed by atoms with Crippen LogP contribution in [0.25, 0.3) is 11.3 Å². The van der Waals surface area contributed by atoms with E-state index in [0.717, 1.165) is 5.56 Å². The van der Waals surface area contributed by atoms with Gasteiger partial charge >= 0.3 is 6.18 Å². The fourth-order valence-electron chi connectivity index (χ4n) is 4.94. The van der Waals surface area contributed by atoms with Crippen LogP contribution in [0.4, 0.5) is 23.4 Å². The number of primary amides is 1. The van der Waals surface area contributed by atoms with E-state index in [1.165, 1.54) is 37.3 Å². The molecule has 0 fully saturated rings. The summed E-state index contributed by atoms with van der Waals surface area (Å²) in [4.78, 5) is 34.2. The number of nitrogens with zero attached hydrogens (tertiary/aromatic N) is 2. The summed E-state index contributed by atoms with van der Waals surface area (Å²) < 4.78 is 60.8. The van der Waals surface area contributed by atoms with Gasteiger partial charge in [-0.25, -0.2) is 14.4 Å². The number of nitrogens with one attached hydrogen (secondary N) is 2. The number of nitrogens with two attached hydrogens (primary N) is 1. The average molecular weight is 570 g/mol. The number of ether oxygens (including phenoxy) is 1. The van der Waals surface area contributed by atoms with Gasteiger partial charge in [0.2, 0.25) is 5.91 Å². The van der Waals surface area contributed by atoms with Crippen LogP contribution in [-0.2, 0) is 21.4 Å². The number of halogens is 4. The number of hydrogen-bond acceptors (Lipinski definition) is 6. The zero-order valence-electron chi connectivity index (χ0n) is 22.0. The minimum atomic E-state index is -4.60. The van der Waals surface area contributed by atoms with Crippen molar-refractivity contribution in [3.63, 3.8) is 0 Å². The predicted molar refractivity (Wildman–Crippen MR) is 142 cm³/mol. The normalized spacial score (nSPS) is 18.6. The number of anilines is 1. The molecule has 0 saturated carbocycles. The lowest BCUT2D eigenvalue weighted by atomic mass is 9.82. The maximum absolute atomic E-state index is 13.8. The Labute approximate surface area is 233 Å². The van der Waals surface area contributed by atoms with E-state index in [4.69, 9.17) is 10.5 Å². The van der Waals surface area contributed by atoms with Crippen LogP contribution in [0.15, 0.2) is 60.4 Å². The lowest BCUT2D eigenvalue weighted by molar-refractivity contribution is -0.139. The largest absolute Gasteiger partial charge is 0.489 e. The Morgan fingerprint density at radius 3 is 2.68 bits per heavy atom.